The second kappa shape index (κ2) is 8.42. The molecule has 1 aromatic rings. The Morgan fingerprint density at radius 1 is 1.40 bits per heavy atom. The third-order valence-electron chi connectivity index (χ3n) is 4.20. The summed E-state index contributed by atoms with van der Waals surface area (Å²) in [6, 6.07) is 2.44. The lowest BCUT2D eigenvalue weighted by Gasteiger charge is -2.35. The molecule has 2 rings (SSSR count). The lowest BCUT2D eigenvalue weighted by atomic mass is 10.00. The Balaban J connectivity index is 2.22. The molecule has 1 saturated heterocycles. The number of nitrogens with one attached hydrogen (secondary N) is 1. The molecular weight excluding hydrogens is 337 g/mol. The second-order valence-electron chi connectivity index (χ2n) is 5.93. The van der Waals surface area contributed by atoms with Crippen LogP contribution in [0, 0.1) is 0 Å². The van der Waals surface area contributed by atoms with Gasteiger partial charge in [-0.1, -0.05) is 0 Å². The van der Waals surface area contributed by atoms with Crippen molar-refractivity contribution in [1.29, 1.82) is 0 Å². The third-order valence-corrected chi connectivity index (χ3v) is 4.20. The molecule has 0 radical (unpaired) electrons. The normalized spacial score (nSPS) is 18.1. The Morgan fingerprint density at radius 2 is 2.16 bits per heavy atom. The van der Waals surface area contributed by atoms with Gasteiger partial charge in [-0.2, -0.15) is 13.2 Å². The topological polar surface area (TPSA) is 61.8 Å². The Hall–Kier alpha value is -1.96. The molecule has 8 heteroatoms. The summed E-state index contributed by atoms with van der Waals surface area (Å²) in [5, 5.41) is 11.7. The molecular formula is C17H23F3N2O3. The first kappa shape index (κ1) is 19.4. The summed E-state index contributed by atoms with van der Waals surface area (Å²) in [7, 11) is 0. The predicted molar refractivity (Wildman–Crippen MR) is 87.7 cm³/mol. The molecule has 0 aliphatic carbocycles. The number of ether oxygens (including phenoxy) is 1. The molecule has 1 aliphatic heterocycles. The zero-order chi connectivity index (χ0) is 18.4. The summed E-state index contributed by atoms with van der Waals surface area (Å²) in [5.41, 5.74) is -0.855. The first-order valence-electron chi connectivity index (χ1n) is 8.39. The Morgan fingerprint density at radius 3 is 2.80 bits per heavy atom. The van der Waals surface area contributed by atoms with Crippen molar-refractivity contribution >= 4 is 11.7 Å². The highest BCUT2D eigenvalue weighted by Gasteiger charge is 2.32. The third kappa shape index (κ3) is 5.01. The maximum atomic E-state index is 12.9. The van der Waals surface area contributed by atoms with E-state index in [0.717, 1.165) is 31.4 Å². The van der Waals surface area contributed by atoms with Crippen molar-refractivity contribution in [2.45, 2.75) is 44.8 Å². The summed E-state index contributed by atoms with van der Waals surface area (Å²) in [6.45, 7) is 2.46. The number of urea groups is 1. The van der Waals surface area contributed by atoms with Crippen LogP contribution in [0.5, 0.6) is 5.75 Å². The molecule has 1 atom stereocenters. The molecule has 1 aliphatic rings. The molecule has 5 nitrogen and oxygen atoms in total. The quantitative estimate of drug-likeness (QED) is 0.838. The molecule has 0 saturated carbocycles. The van der Waals surface area contributed by atoms with Crippen LogP contribution in [-0.4, -0.2) is 41.8 Å². The highest BCUT2D eigenvalue weighted by atomic mass is 19.4. The van der Waals surface area contributed by atoms with Gasteiger partial charge in [-0.3, -0.25) is 0 Å². The lowest BCUT2D eigenvalue weighted by Crippen LogP contribution is -2.46. The van der Waals surface area contributed by atoms with E-state index in [1.807, 2.05) is 0 Å². The van der Waals surface area contributed by atoms with Crippen molar-refractivity contribution in [2.24, 2.45) is 0 Å². The van der Waals surface area contributed by atoms with Crippen LogP contribution in [0.2, 0.25) is 0 Å². The maximum absolute atomic E-state index is 12.9. The number of amides is 2. The maximum Gasteiger partial charge on any atom is 0.416 e. The van der Waals surface area contributed by atoms with Gasteiger partial charge in [0.2, 0.25) is 0 Å². The summed E-state index contributed by atoms with van der Waals surface area (Å²) in [4.78, 5) is 14.1. The van der Waals surface area contributed by atoms with E-state index < -0.39 is 17.8 Å². The van der Waals surface area contributed by atoms with Crippen LogP contribution in [-0.2, 0) is 6.18 Å². The van der Waals surface area contributed by atoms with Crippen LogP contribution in [0.1, 0.15) is 38.2 Å². The first-order valence-corrected chi connectivity index (χ1v) is 8.39. The Bertz CT molecular complexity index is 591. The van der Waals surface area contributed by atoms with Crippen molar-refractivity contribution in [3.8, 4) is 5.75 Å². The number of hydrogen-bond donors (Lipinski definition) is 2. The number of carbonyl (C=O) groups is 1. The molecule has 25 heavy (non-hydrogen) atoms. The number of carbonyl (C=O) groups excluding carboxylic acids is 1. The number of hydrogen-bond acceptors (Lipinski definition) is 3. The standard InChI is InChI=1S/C17H23F3N2O3/c1-2-25-15-7-6-12(17(18,19)20)11-14(15)21-16(24)22-9-4-3-5-13(22)8-10-23/h6-7,11,13,23H,2-5,8-10H2,1H3,(H,21,24)/t13-/m1/s1. The van der Waals surface area contributed by atoms with Gasteiger partial charge < -0.3 is 20.1 Å². The predicted octanol–water partition coefficient (Wildman–Crippen LogP) is 3.87. The van der Waals surface area contributed by atoms with E-state index in [0.29, 0.717) is 13.0 Å². The minimum atomic E-state index is -4.51. The second-order valence-corrected chi connectivity index (χ2v) is 5.93. The minimum Gasteiger partial charge on any atom is -0.492 e. The number of benzene rings is 1. The molecule has 1 fully saturated rings. The van der Waals surface area contributed by atoms with Gasteiger partial charge in [-0.05, 0) is 50.8 Å². The van der Waals surface area contributed by atoms with Crippen LogP contribution in [0.15, 0.2) is 18.2 Å². The number of anilines is 1. The van der Waals surface area contributed by atoms with E-state index in [2.05, 4.69) is 5.32 Å². The average Bonchev–Trinajstić information content (AvgIpc) is 2.56. The fourth-order valence-electron chi connectivity index (χ4n) is 2.99. The molecule has 0 aromatic heterocycles. The zero-order valence-electron chi connectivity index (χ0n) is 14.1. The molecule has 1 heterocycles. The summed E-state index contributed by atoms with van der Waals surface area (Å²) in [5.74, 6) is 0.194. The van der Waals surface area contributed by atoms with Gasteiger partial charge >= 0.3 is 12.2 Å². The van der Waals surface area contributed by atoms with E-state index in [9.17, 15) is 18.0 Å². The van der Waals surface area contributed by atoms with Crippen LogP contribution in [0.3, 0.4) is 0 Å². The number of likely N-dealkylation sites (tertiary alicyclic amines) is 1. The van der Waals surface area contributed by atoms with E-state index in [1.54, 1.807) is 11.8 Å². The fourth-order valence-corrected chi connectivity index (χ4v) is 2.99. The van der Waals surface area contributed by atoms with Crippen molar-refractivity contribution in [1.82, 2.24) is 4.90 Å². The Kier molecular flexibility index (Phi) is 6.52. The van der Waals surface area contributed by atoms with E-state index >= 15 is 0 Å². The molecule has 2 N–H and O–H groups in total. The van der Waals surface area contributed by atoms with E-state index in [1.165, 1.54) is 6.07 Å². The molecule has 0 bridgehead atoms. The van der Waals surface area contributed by atoms with Gasteiger partial charge in [-0.25, -0.2) is 4.79 Å². The number of halogens is 3. The molecule has 1 aromatic carbocycles. The van der Waals surface area contributed by atoms with Crippen LogP contribution >= 0.6 is 0 Å². The largest absolute Gasteiger partial charge is 0.492 e. The lowest BCUT2D eigenvalue weighted by molar-refractivity contribution is -0.137. The van der Waals surface area contributed by atoms with Crippen molar-refractivity contribution in [2.75, 3.05) is 25.1 Å². The van der Waals surface area contributed by atoms with Crippen LogP contribution in [0.25, 0.3) is 0 Å². The zero-order valence-corrected chi connectivity index (χ0v) is 14.1. The van der Waals surface area contributed by atoms with Gasteiger partial charge in [0.05, 0.1) is 17.9 Å². The highest BCUT2D eigenvalue weighted by Crippen LogP contribution is 2.35. The van der Waals surface area contributed by atoms with Crippen LogP contribution in [0.4, 0.5) is 23.7 Å². The number of piperidine rings is 1. The van der Waals surface area contributed by atoms with Gasteiger partial charge in [0, 0.05) is 19.2 Å². The van der Waals surface area contributed by atoms with E-state index in [4.69, 9.17) is 9.84 Å². The minimum absolute atomic E-state index is 0.00463. The number of aliphatic hydroxyl groups excluding tert-OH is 1. The number of aliphatic hydroxyl groups is 1. The summed E-state index contributed by atoms with van der Waals surface area (Å²) < 4.78 is 44.2. The van der Waals surface area contributed by atoms with Gasteiger partial charge in [0.1, 0.15) is 5.75 Å². The van der Waals surface area contributed by atoms with Crippen LogP contribution < -0.4 is 10.1 Å². The highest BCUT2D eigenvalue weighted by molar-refractivity contribution is 5.91. The molecule has 2 amide bonds. The van der Waals surface area contributed by atoms with Crippen molar-refractivity contribution in [3.05, 3.63) is 23.8 Å². The van der Waals surface area contributed by atoms with E-state index in [-0.39, 0.29) is 30.7 Å². The first-order chi connectivity index (χ1) is 11.9. The van der Waals surface area contributed by atoms with Crippen molar-refractivity contribution in [3.63, 3.8) is 0 Å². The van der Waals surface area contributed by atoms with Gasteiger partial charge in [0.15, 0.2) is 0 Å². The molecule has 0 spiro atoms. The Labute approximate surface area is 144 Å². The summed E-state index contributed by atoms with van der Waals surface area (Å²) >= 11 is 0. The molecule has 0 unspecified atom stereocenters. The average molecular weight is 360 g/mol. The summed E-state index contributed by atoms with van der Waals surface area (Å²) in [6.07, 6.45) is -1.49. The van der Waals surface area contributed by atoms with Crippen molar-refractivity contribution < 1.29 is 27.8 Å². The number of nitrogens with zero attached hydrogens (tertiary/aromatic N) is 1. The van der Waals surface area contributed by atoms with Gasteiger partial charge in [0.25, 0.3) is 0 Å². The molecule has 140 valence electrons. The number of rotatable bonds is 5. The monoisotopic (exact) mass is 360 g/mol. The smallest absolute Gasteiger partial charge is 0.416 e. The van der Waals surface area contributed by atoms with Gasteiger partial charge in [-0.15, -0.1) is 0 Å². The number of alkyl halides is 3. The SMILES string of the molecule is CCOc1ccc(C(F)(F)F)cc1NC(=O)N1CCCC[C@@H]1CCO. The fraction of sp³-hybridized carbons (Fsp3) is 0.588.